The Labute approximate surface area is 126 Å². The second-order valence-electron chi connectivity index (χ2n) is 5.32. The number of nitrogens with two attached hydrogens (primary N) is 2. The summed E-state index contributed by atoms with van der Waals surface area (Å²) in [4.78, 5) is 16.6. The van der Waals surface area contributed by atoms with Crippen LogP contribution in [-0.4, -0.2) is 18.0 Å². The number of ether oxygens (including phenoxy) is 1. The Morgan fingerprint density at radius 3 is 3.00 bits per heavy atom. The van der Waals surface area contributed by atoms with Gasteiger partial charge in [-0.2, -0.15) is 0 Å². The summed E-state index contributed by atoms with van der Waals surface area (Å²) in [7, 11) is 1.64. The number of carbonyl (C=O) groups excluding carboxylic acids is 1. The minimum atomic E-state index is -0.474. The van der Waals surface area contributed by atoms with Crippen molar-refractivity contribution in [2.75, 3.05) is 7.11 Å². The van der Waals surface area contributed by atoms with Crippen molar-refractivity contribution in [3.8, 4) is 5.75 Å². The first-order valence-electron chi connectivity index (χ1n) is 6.73. The van der Waals surface area contributed by atoms with Crippen LogP contribution in [-0.2, 0) is 18.4 Å². The molecular weight excluding hydrogens is 286 g/mol. The first-order chi connectivity index (χ1) is 10.0. The Hall–Kier alpha value is -1.92. The number of carbonyl (C=O) groups is 1. The number of benzene rings is 1. The molecule has 1 heterocycles. The average Bonchev–Trinajstić information content (AvgIpc) is 2.90. The fourth-order valence-corrected chi connectivity index (χ4v) is 3.80. The van der Waals surface area contributed by atoms with Gasteiger partial charge in [-0.25, -0.2) is 4.98 Å². The van der Waals surface area contributed by atoms with Crippen molar-refractivity contribution in [3.05, 3.63) is 45.4 Å². The van der Waals surface area contributed by atoms with Crippen LogP contribution >= 0.6 is 11.3 Å². The number of hydrogen-bond donors (Lipinski definition) is 2. The lowest BCUT2D eigenvalue weighted by molar-refractivity contribution is 0.0999. The molecule has 4 N–H and O–H groups in total. The number of nitrogens with zero attached hydrogens (tertiary/aromatic N) is 1. The van der Waals surface area contributed by atoms with Crippen molar-refractivity contribution in [2.24, 2.45) is 11.5 Å². The predicted molar refractivity (Wildman–Crippen MR) is 81.5 cm³/mol. The largest absolute Gasteiger partial charge is 0.497 e. The minimum absolute atomic E-state index is 0.370. The number of amides is 1. The highest BCUT2D eigenvalue weighted by atomic mass is 32.1. The van der Waals surface area contributed by atoms with Gasteiger partial charge in [0.05, 0.1) is 12.8 Å². The molecule has 1 aliphatic rings. The number of thiazole rings is 1. The quantitative estimate of drug-likeness (QED) is 0.901. The number of aromatic nitrogens is 1. The van der Waals surface area contributed by atoms with E-state index in [9.17, 15) is 4.79 Å². The van der Waals surface area contributed by atoms with Crippen LogP contribution in [0.4, 0.5) is 0 Å². The molecule has 0 aliphatic heterocycles. The van der Waals surface area contributed by atoms with Gasteiger partial charge in [-0.05, 0) is 30.5 Å². The molecule has 1 aromatic heterocycles. The van der Waals surface area contributed by atoms with Gasteiger partial charge in [-0.1, -0.05) is 12.1 Å². The average molecular weight is 303 g/mol. The topological polar surface area (TPSA) is 91.2 Å². The summed E-state index contributed by atoms with van der Waals surface area (Å²) >= 11 is 1.35. The lowest BCUT2D eigenvalue weighted by Gasteiger charge is -2.33. The van der Waals surface area contributed by atoms with Gasteiger partial charge >= 0.3 is 0 Å². The molecule has 1 atom stereocenters. The maximum Gasteiger partial charge on any atom is 0.277 e. The number of fused-ring (bicyclic) bond motifs is 1. The van der Waals surface area contributed by atoms with Gasteiger partial charge < -0.3 is 16.2 Å². The second kappa shape index (κ2) is 5.13. The van der Waals surface area contributed by atoms with Crippen molar-refractivity contribution in [3.63, 3.8) is 0 Å². The SMILES string of the molecule is COc1cccc(C2(N)CCc3nc(C(N)=O)sc3C2)c1. The van der Waals surface area contributed by atoms with Crippen LogP contribution in [0.2, 0.25) is 0 Å². The van der Waals surface area contributed by atoms with E-state index in [-0.39, 0.29) is 0 Å². The van der Waals surface area contributed by atoms with E-state index in [0.717, 1.165) is 34.7 Å². The van der Waals surface area contributed by atoms with Gasteiger partial charge in [-0.15, -0.1) is 11.3 Å². The normalized spacial score (nSPS) is 20.9. The molecule has 5 nitrogen and oxygen atoms in total. The Bertz CT molecular complexity index is 698. The highest BCUT2D eigenvalue weighted by Gasteiger charge is 2.35. The van der Waals surface area contributed by atoms with E-state index in [2.05, 4.69) is 4.98 Å². The summed E-state index contributed by atoms with van der Waals surface area (Å²) in [5.74, 6) is 0.323. The maximum absolute atomic E-state index is 11.3. The molecule has 0 fully saturated rings. The molecular formula is C15H17N3O2S. The molecule has 0 saturated carbocycles. The summed E-state index contributed by atoms with van der Waals surface area (Å²) in [5, 5.41) is 0.370. The molecule has 0 bridgehead atoms. The van der Waals surface area contributed by atoms with E-state index in [0.29, 0.717) is 11.4 Å². The van der Waals surface area contributed by atoms with Gasteiger partial charge in [0, 0.05) is 16.8 Å². The van der Waals surface area contributed by atoms with E-state index in [1.54, 1.807) is 7.11 Å². The van der Waals surface area contributed by atoms with Crippen molar-refractivity contribution < 1.29 is 9.53 Å². The lowest BCUT2D eigenvalue weighted by atomic mass is 9.78. The lowest BCUT2D eigenvalue weighted by Crippen LogP contribution is -2.41. The Morgan fingerprint density at radius 1 is 1.48 bits per heavy atom. The molecule has 0 saturated heterocycles. The van der Waals surface area contributed by atoms with Crippen LogP contribution in [0.15, 0.2) is 24.3 Å². The molecule has 3 rings (SSSR count). The van der Waals surface area contributed by atoms with Crippen LogP contribution < -0.4 is 16.2 Å². The van der Waals surface area contributed by atoms with Crippen molar-refractivity contribution in [1.82, 2.24) is 4.98 Å². The summed E-state index contributed by atoms with van der Waals surface area (Å²) in [6.45, 7) is 0. The number of aryl methyl sites for hydroxylation is 1. The Morgan fingerprint density at radius 2 is 2.29 bits per heavy atom. The molecule has 0 spiro atoms. The maximum atomic E-state index is 11.3. The number of rotatable bonds is 3. The van der Waals surface area contributed by atoms with Gasteiger partial charge in [0.15, 0.2) is 5.01 Å². The van der Waals surface area contributed by atoms with Crippen LogP contribution in [0.25, 0.3) is 0 Å². The summed E-state index contributed by atoms with van der Waals surface area (Å²) in [6, 6.07) is 7.84. The molecule has 6 heteroatoms. The third-order valence-electron chi connectivity index (χ3n) is 3.92. The second-order valence-corrected chi connectivity index (χ2v) is 6.40. The highest BCUT2D eigenvalue weighted by molar-refractivity contribution is 7.13. The van der Waals surface area contributed by atoms with E-state index in [1.807, 2.05) is 24.3 Å². The third-order valence-corrected chi connectivity index (χ3v) is 5.03. The summed E-state index contributed by atoms with van der Waals surface area (Å²) in [5.41, 5.74) is 13.5. The van der Waals surface area contributed by atoms with Crippen LogP contribution in [0.1, 0.15) is 32.4 Å². The van der Waals surface area contributed by atoms with Crippen molar-refractivity contribution in [1.29, 1.82) is 0 Å². The van der Waals surface area contributed by atoms with E-state index in [1.165, 1.54) is 11.3 Å². The molecule has 1 unspecified atom stereocenters. The Kier molecular flexibility index (Phi) is 3.43. The zero-order valence-electron chi connectivity index (χ0n) is 11.8. The highest BCUT2D eigenvalue weighted by Crippen LogP contribution is 2.37. The molecule has 1 aliphatic carbocycles. The minimum Gasteiger partial charge on any atom is -0.497 e. The van der Waals surface area contributed by atoms with Crippen LogP contribution in [0.3, 0.4) is 0 Å². The number of primary amides is 1. The standard InChI is InChI=1S/C15H17N3O2S/c1-20-10-4-2-3-9(7-10)15(17)6-5-11-12(8-15)21-14(18-11)13(16)19/h2-4,7H,5-6,8,17H2,1H3,(H2,16,19). The first kappa shape index (κ1) is 14.0. The zero-order chi connectivity index (χ0) is 15.0. The fraction of sp³-hybridized carbons (Fsp3) is 0.333. The molecule has 1 amide bonds. The summed E-state index contributed by atoms with van der Waals surface area (Å²) in [6.07, 6.45) is 2.21. The predicted octanol–water partition coefficient (Wildman–Crippen LogP) is 1.59. The smallest absolute Gasteiger partial charge is 0.277 e. The Balaban J connectivity index is 1.94. The monoisotopic (exact) mass is 303 g/mol. The number of hydrogen-bond acceptors (Lipinski definition) is 5. The number of methoxy groups -OCH3 is 1. The van der Waals surface area contributed by atoms with Gasteiger partial charge in [-0.3, -0.25) is 4.79 Å². The van der Waals surface area contributed by atoms with E-state index >= 15 is 0 Å². The molecule has 1 aromatic carbocycles. The molecule has 2 aromatic rings. The first-order valence-corrected chi connectivity index (χ1v) is 7.55. The van der Waals surface area contributed by atoms with Gasteiger partial charge in [0.1, 0.15) is 5.75 Å². The third kappa shape index (κ3) is 2.52. The van der Waals surface area contributed by atoms with Crippen LogP contribution in [0.5, 0.6) is 5.75 Å². The molecule has 110 valence electrons. The van der Waals surface area contributed by atoms with Crippen molar-refractivity contribution >= 4 is 17.2 Å². The van der Waals surface area contributed by atoms with Gasteiger partial charge in [0.2, 0.25) is 0 Å². The van der Waals surface area contributed by atoms with Crippen LogP contribution in [0, 0.1) is 0 Å². The van der Waals surface area contributed by atoms with E-state index < -0.39 is 11.4 Å². The molecule has 0 radical (unpaired) electrons. The van der Waals surface area contributed by atoms with E-state index in [4.69, 9.17) is 16.2 Å². The summed E-state index contributed by atoms with van der Waals surface area (Å²) < 4.78 is 5.27. The van der Waals surface area contributed by atoms with Crippen molar-refractivity contribution in [2.45, 2.75) is 24.8 Å². The fourth-order valence-electron chi connectivity index (χ4n) is 2.72. The zero-order valence-corrected chi connectivity index (χ0v) is 12.6. The van der Waals surface area contributed by atoms with Gasteiger partial charge in [0.25, 0.3) is 5.91 Å². The molecule has 21 heavy (non-hydrogen) atoms.